The smallest absolute Gasteiger partial charge is 0.323 e. The van der Waals surface area contributed by atoms with Gasteiger partial charge in [-0.1, -0.05) is 66.7 Å². The fraction of sp³-hybridized carbons (Fsp3) is 0.222. The van der Waals surface area contributed by atoms with Gasteiger partial charge in [-0.25, -0.2) is 4.99 Å². The quantitative estimate of drug-likeness (QED) is 0.417. The molecule has 6 heteroatoms. The zero-order chi connectivity index (χ0) is 23.3. The highest BCUT2D eigenvalue weighted by Crippen LogP contribution is 2.46. The summed E-state index contributed by atoms with van der Waals surface area (Å²) in [7, 11) is 0. The van der Waals surface area contributed by atoms with Crippen molar-refractivity contribution in [1.82, 2.24) is 0 Å². The van der Waals surface area contributed by atoms with Crippen LogP contribution in [0.4, 0.5) is 11.4 Å². The van der Waals surface area contributed by atoms with Gasteiger partial charge in [-0.2, -0.15) is 0 Å². The van der Waals surface area contributed by atoms with E-state index in [1.165, 1.54) is 0 Å². The van der Waals surface area contributed by atoms with Crippen LogP contribution in [-0.2, 0) is 24.6 Å². The van der Waals surface area contributed by atoms with Gasteiger partial charge in [0.2, 0.25) is 0 Å². The Morgan fingerprint density at radius 3 is 1.97 bits per heavy atom. The highest BCUT2D eigenvalue weighted by Gasteiger charge is 2.58. The predicted octanol–water partition coefficient (Wildman–Crippen LogP) is 4.87. The largest absolute Gasteiger partial charge is 0.465 e. The molecule has 0 aliphatic carbocycles. The van der Waals surface area contributed by atoms with Gasteiger partial charge in [0, 0.05) is 11.3 Å². The molecule has 1 unspecified atom stereocenters. The molecule has 3 aromatic carbocycles. The Morgan fingerprint density at radius 1 is 0.818 bits per heavy atom. The van der Waals surface area contributed by atoms with Gasteiger partial charge >= 0.3 is 11.9 Å². The number of nitrogens with zero attached hydrogens (tertiary/aromatic N) is 1. The second-order valence-electron chi connectivity index (χ2n) is 7.58. The molecule has 1 heterocycles. The van der Waals surface area contributed by atoms with Crippen molar-refractivity contribution in [1.29, 1.82) is 0 Å². The first-order valence-electron chi connectivity index (χ1n) is 11.0. The lowest BCUT2D eigenvalue weighted by molar-refractivity contribution is -0.163. The van der Waals surface area contributed by atoms with Crippen LogP contribution in [0.25, 0.3) is 0 Å². The third kappa shape index (κ3) is 4.12. The first kappa shape index (κ1) is 22.3. The molecular formula is C27H26N2O4. The molecule has 0 radical (unpaired) electrons. The zero-order valence-corrected chi connectivity index (χ0v) is 18.7. The average molecular weight is 443 g/mol. The molecule has 0 spiro atoms. The van der Waals surface area contributed by atoms with E-state index in [1.54, 1.807) is 13.8 Å². The van der Waals surface area contributed by atoms with Crippen molar-refractivity contribution >= 4 is 29.0 Å². The van der Waals surface area contributed by atoms with Crippen molar-refractivity contribution in [2.75, 3.05) is 18.5 Å². The molecule has 0 aromatic heterocycles. The van der Waals surface area contributed by atoms with Crippen molar-refractivity contribution in [3.05, 3.63) is 96.1 Å². The van der Waals surface area contributed by atoms with Crippen molar-refractivity contribution < 1.29 is 19.1 Å². The van der Waals surface area contributed by atoms with E-state index in [2.05, 4.69) is 5.32 Å². The van der Waals surface area contributed by atoms with E-state index < -0.39 is 23.4 Å². The van der Waals surface area contributed by atoms with Crippen LogP contribution in [0.5, 0.6) is 0 Å². The van der Waals surface area contributed by atoms with Gasteiger partial charge in [-0.3, -0.25) is 9.59 Å². The molecule has 1 aliphatic rings. The Labute approximate surface area is 193 Å². The first-order chi connectivity index (χ1) is 16.1. The van der Waals surface area contributed by atoms with Crippen molar-refractivity contribution in [2.24, 2.45) is 10.9 Å². The van der Waals surface area contributed by atoms with Crippen molar-refractivity contribution in [3.63, 3.8) is 0 Å². The molecular weight excluding hydrogens is 416 g/mol. The maximum atomic E-state index is 13.4. The fourth-order valence-electron chi connectivity index (χ4n) is 4.25. The van der Waals surface area contributed by atoms with Crippen LogP contribution in [0.2, 0.25) is 0 Å². The Morgan fingerprint density at radius 2 is 1.36 bits per heavy atom. The fourth-order valence-corrected chi connectivity index (χ4v) is 4.25. The van der Waals surface area contributed by atoms with Crippen molar-refractivity contribution in [3.8, 4) is 0 Å². The van der Waals surface area contributed by atoms with Crippen LogP contribution >= 0.6 is 0 Å². The highest BCUT2D eigenvalue weighted by atomic mass is 16.6. The molecule has 33 heavy (non-hydrogen) atoms. The molecule has 0 saturated carbocycles. The summed E-state index contributed by atoms with van der Waals surface area (Å²) in [5.41, 5.74) is 2.24. The Hall–Kier alpha value is -3.93. The normalized spacial score (nSPS) is 18.0. The Balaban J connectivity index is 2.04. The van der Waals surface area contributed by atoms with E-state index in [1.807, 2.05) is 84.9 Å². The summed E-state index contributed by atoms with van der Waals surface area (Å²) in [6, 6.07) is 26.5. The molecule has 0 fully saturated rings. The molecule has 0 saturated heterocycles. The Bertz CT molecular complexity index is 1140. The standard InChI is InChI=1S/C27H26N2O4/c1-3-32-25(30)23(26(31)33-4-2)27(19-13-7-5-8-14-19)24(28-20-15-9-6-10-16-20)21-17-11-12-18-22(21)29-27/h5-18,23,29H,3-4H2,1-2H3. The minimum absolute atomic E-state index is 0.137. The monoisotopic (exact) mass is 442 g/mol. The van der Waals surface area contributed by atoms with Gasteiger partial charge in [0.1, 0.15) is 5.54 Å². The number of carbonyl (C=O) groups excluding carboxylic acids is 2. The van der Waals surface area contributed by atoms with Crippen LogP contribution in [0.3, 0.4) is 0 Å². The van der Waals surface area contributed by atoms with Gasteiger partial charge in [-0.15, -0.1) is 0 Å². The van der Waals surface area contributed by atoms with Crippen molar-refractivity contribution in [2.45, 2.75) is 19.4 Å². The van der Waals surface area contributed by atoms with Crippen LogP contribution < -0.4 is 5.32 Å². The summed E-state index contributed by atoms with van der Waals surface area (Å²) < 4.78 is 10.8. The minimum Gasteiger partial charge on any atom is -0.465 e. The number of ether oxygens (including phenoxy) is 2. The van der Waals surface area contributed by atoms with E-state index >= 15 is 0 Å². The molecule has 0 amide bonds. The zero-order valence-electron chi connectivity index (χ0n) is 18.7. The van der Waals surface area contributed by atoms with Gasteiger partial charge in [0.25, 0.3) is 0 Å². The lowest BCUT2D eigenvalue weighted by Crippen LogP contribution is -2.53. The van der Waals surface area contributed by atoms with Gasteiger partial charge < -0.3 is 14.8 Å². The molecule has 3 aromatic rings. The van der Waals surface area contributed by atoms with E-state index in [9.17, 15) is 9.59 Å². The number of esters is 2. The highest BCUT2D eigenvalue weighted by molar-refractivity contribution is 6.22. The minimum atomic E-state index is -1.32. The molecule has 168 valence electrons. The van der Waals surface area contributed by atoms with E-state index in [0.717, 1.165) is 11.3 Å². The van der Waals surface area contributed by atoms with Gasteiger partial charge in [0.15, 0.2) is 5.92 Å². The third-order valence-corrected chi connectivity index (χ3v) is 5.59. The second-order valence-corrected chi connectivity index (χ2v) is 7.58. The number of para-hydroxylation sites is 2. The molecule has 6 nitrogen and oxygen atoms in total. The van der Waals surface area contributed by atoms with E-state index in [-0.39, 0.29) is 13.2 Å². The summed E-state index contributed by atoms with van der Waals surface area (Å²) >= 11 is 0. The number of aliphatic imine (C=N–C) groups is 1. The van der Waals surface area contributed by atoms with Crippen LogP contribution in [0, 0.1) is 5.92 Å². The van der Waals surface area contributed by atoms with Crippen LogP contribution in [0.1, 0.15) is 25.0 Å². The summed E-state index contributed by atoms with van der Waals surface area (Å²) in [5, 5.41) is 3.48. The SMILES string of the molecule is CCOC(=O)C(C(=O)OCC)C1(c2ccccc2)Nc2ccccc2C1=Nc1ccccc1. The predicted molar refractivity (Wildman–Crippen MR) is 128 cm³/mol. The molecule has 4 rings (SSSR count). The molecule has 0 bridgehead atoms. The molecule has 1 N–H and O–H groups in total. The summed E-state index contributed by atoms with van der Waals surface area (Å²) in [4.78, 5) is 31.7. The Kier molecular flexibility index (Phi) is 6.54. The molecule has 1 aliphatic heterocycles. The lowest BCUT2D eigenvalue weighted by atomic mass is 9.74. The first-order valence-corrected chi connectivity index (χ1v) is 11.0. The van der Waals surface area contributed by atoms with Gasteiger partial charge in [0.05, 0.1) is 24.6 Å². The lowest BCUT2D eigenvalue weighted by Gasteiger charge is -2.36. The molecule has 1 atom stereocenters. The number of fused-ring (bicyclic) bond motifs is 1. The van der Waals surface area contributed by atoms with Crippen LogP contribution in [-0.4, -0.2) is 30.9 Å². The number of anilines is 1. The topological polar surface area (TPSA) is 77.0 Å². The number of hydrogen-bond donors (Lipinski definition) is 1. The number of rotatable bonds is 7. The van der Waals surface area contributed by atoms with Gasteiger partial charge in [-0.05, 0) is 37.6 Å². The maximum Gasteiger partial charge on any atom is 0.323 e. The number of carbonyl (C=O) groups is 2. The number of benzene rings is 3. The summed E-state index contributed by atoms with van der Waals surface area (Å²) in [6.45, 7) is 3.70. The van der Waals surface area contributed by atoms with E-state index in [4.69, 9.17) is 14.5 Å². The maximum absolute atomic E-state index is 13.4. The third-order valence-electron chi connectivity index (χ3n) is 5.59. The van der Waals surface area contributed by atoms with E-state index in [0.29, 0.717) is 17.0 Å². The second kappa shape index (κ2) is 9.69. The number of nitrogens with one attached hydrogen (secondary N) is 1. The number of hydrogen-bond acceptors (Lipinski definition) is 6. The summed E-state index contributed by atoms with van der Waals surface area (Å²) in [5.74, 6) is -2.64. The average Bonchev–Trinajstić information content (AvgIpc) is 3.15. The van der Waals surface area contributed by atoms with Crippen LogP contribution in [0.15, 0.2) is 89.9 Å². The summed E-state index contributed by atoms with van der Waals surface area (Å²) in [6.07, 6.45) is 0.